The van der Waals surface area contributed by atoms with E-state index in [-0.39, 0.29) is 30.1 Å². The Bertz CT molecular complexity index is 1360. The fraction of sp³-hybridized carbons (Fsp3) is 0.414. The molecular formula is C29H31F3N6O3. The maximum atomic E-state index is 12.9. The van der Waals surface area contributed by atoms with Gasteiger partial charge in [0.05, 0.1) is 17.8 Å². The number of pyridine rings is 1. The topological polar surface area (TPSA) is 120 Å². The number of alkyl halides is 3. The summed E-state index contributed by atoms with van der Waals surface area (Å²) in [7, 11) is 0. The summed E-state index contributed by atoms with van der Waals surface area (Å²) in [6.07, 6.45) is 5.44. The van der Waals surface area contributed by atoms with Gasteiger partial charge < -0.3 is 20.6 Å². The zero-order valence-electron chi connectivity index (χ0n) is 22.3. The van der Waals surface area contributed by atoms with Gasteiger partial charge in [0.1, 0.15) is 11.9 Å². The number of carbonyl (C=O) groups is 2. The second-order valence-electron chi connectivity index (χ2n) is 10.6. The van der Waals surface area contributed by atoms with Gasteiger partial charge in [-0.05, 0) is 56.4 Å². The van der Waals surface area contributed by atoms with Crippen molar-refractivity contribution in [1.29, 1.82) is 0 Å². The van der Waals surface area contributed by atoms with Gasteiger partial charge in [-0.15, -0.1) is 0 Å². The molecule has 2 fully saturated rings. The summed E-state index contributed by atoms with van der Waals surface area (Å²) in [5, 5.41) is 17.3. The van der Waals surface area contributed by atoms with Crippen molar-refractivity contribution < 1.29 is 27.9 Å². The van der Waals surface area contributed by atoms with Gasteiger partial charge >= 0.3 is 6.18 Å². The lowest BCUT2D eigenvalue weighted by atomic mass is 9.79. The lowest BCUT2D eigenvalue weighted by molar-refractivity contribution is -0.137. The minimum absolute atomic E-state index is 0.0832. The van der Waals surface area contributed by atoms with Crippen molar-refractivity contribution in [2.45, 2.75) is 56.0 Å². The van der Waals surface area contributed by atoms with Crippen LogP contribution in [0.3, 0.4) is 0 Å². The van der Waals surface area contributed by atoms with E-state index in [2.05, 4.69) is 25.6 Å². The van der Waals surface area contributed by atoms with Crippen LogP contribution in [0, 0.1) is 0 Å². The number of rotatable bonds is 7. The highest BCUT2D eigenvalue weighted by molar-refractivity contribution is 5.96. The van der Waals surface area contributed by atoms with Crippen LogP contribution < -0.4 is 10.6 Å². The van der Waals surface area contributed by atoms with Gasteiger partial charge in [0.25, 0.3) is 5.91 Å². The van der Waals surface area contributed by atoms with E-state index in [0.717, 1.165) is 48.6 Å². The smallest absolute Gasteiger partial charge is 0.384 e. The van der Waals surface area contributed by atoms with Gasteiger partial charge in [0.2, 0.25) is 5.91 Å². The largest absolute Gasteiger partial charge is 0.416 e. The molecule has 1 aliphatic carbocycles. The molecule has 2 aromatic heterocycles. The van der Waals surface area contributed by atoms with Crippen molar-refractivity contribution in [3.63, 3.8) is 0 Å². The molecule has 5 rings (SSSR count). The Morgan fingerprint density at radius 2 is 1.76 bits per heavy atom. The molecule has 0 unspecified atom stereocenters. The number of aromatic nitrogens is 3. The molecule has 12 heteroatoms. The van der Waals surface area contributed by atoms with Crippen molar-refractivity contribution in [2.24, 2.45) is 0 Å². The van der Waals surface area contributed by atoms with Crippen LogP contribution in [0.4, 0.5) is 13.2 Å². The standard InChI is InChI=1S/C29H31F3N6O3/c30-29(31,32)22-3-1-2-19(12-22)27(40)36-16-26(39)38-11-8-24(17-38)37-23-6-9-28(41,10-7-23)25-5-4-20(15-35-25)21-13-33-18-34-14-21/h1-5,12-15,18,23-24,37,41H,6-11,16-17H2,(H,36,40)/t23?,24-,28?/m0/s1. The van der Waals surface area contributed by atoms with Crippen molar-refractivity contribution >= 4 is 11.8 Å². The Kier molecular flexibility index (Phi) is 8.32. The van der Waals surface area contributed by atoms with Crippen LogP contribution in [0.15, 0.2) is 61.3 Å². The normalized spacial score (nSPS) is 22.9. The van der Waals surface area contributed by atoms with Crippen LogP contribution in [0.5, 0.6) is 0 Å². The Hall–Kier alpha value is -3.90. The maximum absolute atomic E-state index is 12.9. The summed E-state index contributed by atoms with van der Waals surface area (Å²) < 4.78 is 38.8. The monoisotopic (exact) mass is 568 g/mol. The molecular weight excluding hydrogens is 537 g/mol. The van der Waals surface area contributed by atoms with Crippen molar-refractivity contribution in [3.05, 3.63) is 78.1 Å². The summed E-state index contributed by atoms with van der Waals surface area (Å²) in [6, 6.07) is 8.14. The van der Waals surface area contributed by atoms with E-state index in [0.29, 0.717) is 31.6 Å². The SMILES string of the molecule is O=C(NCC(=O)N1CC[C@H](NC2CCC(O)(c3ccc(-c4cncnc4)cn3)CC2)C1)c1cccc(C(F)(F)F)c1. The van der Waals surface area contributed by atoms with Crippen LogP contribution in [-0.2, 0) is 16.6 Å². The van der Waals surface area contributed by atoms with E-state index in [1.54, 1.807) is 23.5 Å². The third kappa shape index (κ3) is 6.88. The highest BCUT2D eigenvalue weighted by atomic mass is 19.4. The molecule has 9 nitrogen and oxygen atoms in total. The highest BCUT2D eigenvalue weighted by Gasteiger charge is 2.37. The van der Waals surface area contributed by atoms with E-state index in [9.17, 15) is 27.9 Å². The molecule has 0 spiro atoms. The molecule has 3 N–H and O–H groups in total. The summed E-state index contributed by atoms with van der Waals surface area (Å²) >= 11 is 0. The Balaban J connectivity index is 1.06. The number of amides is 2. The number of nitrogens with one attached hydrogen (secondary N) is 2. The summed E-state index contributed by atoms with van der Waals surface area (Å²) in [6.45, 7) is 0.710. The van der Waals surface area contributed by atoms with Gasteiger partial charge in [-0.2, -0.15) is 13.2 Å². The second kappa shape index (κ2) is 11.9. The van der Waals surface area contributed by atoms with E-state index in [1.165, 1.54) is 12.4 Å². The molecule has 2 aliphatic rings. The fourth-order valence-electron chi connectivity index (χ4n) is 5.47. The van der Waals surface area contributed by atoms with E-state index in [4.69, 9.17) is 0 Å². The highest BCUT2D eigenvalue weighted by Crippen LogP contribution is 2.37. The molecule has 1 saturated heterocycles. The first-order chi connectivity index (χ1) is 19.6. The van der Waals surface area contributed by atoms with Crippen LogP contribution >= 0.6 is 0 Å². The molecule has 41 heavy (non-hydrogen) atoms. The van der Waals surface area contributed by atoms with Crippen molar-refractivity contribution in [1.82, 2.24) is 30.5 Å². The number of hydrogen-bond donors (Lipinski definition) is 3. The van der Waals surface area contributed by atoms with Gasteiger partial charge in [0, 0.05) is 60.5 Å². The minimum atomic E-state index is -4.55. The number of halogens is 3. The molecule has 1 saturated carbocycles. The van der Waals surface area contributed by atoms with Crippen LogP contribution in [0.25, 0.3) is 11.1 Å². The molecule has 1 aromatic carbocycles. The number of benzene rings is 1. The van der Waals surface area contributed by atoms with E-state index in [1.807, 2.05) is 12.1 Å². The predicted molar refractivity (Wildman–Crippen MR) is 143 cm³/mol. The number of carbonyl (C=O) groups excluding carboxylic acids is 2. The average Bonchev–Trinajstić information content (AvgIpc) is 3.46. The number of nitrogens with zero attached hydrogens (tertiary/aromatic N) is 4. The zero-order chi connectivity index (χ0) is 29.0. The average molecular weight is 569 g/mol. The van der Waals surface area contributed by atoms with Gasteiger partial charge in [-0.25, -0.2) is 9.97 Å². The summed E-state index contributed by atoms with van der Waals surface area (Å²) in [5.74, 6) is -1.02. The number of likely N-dealkylation sites (tertiary alicyclic amines) is 1. The van der Waals surface area contributed by atoms with Crippen LogP contribution in [0.2, 0.25) is 0 Å². The maximum Gasteiger partial charge on any atom is 0.416 e. The molecule has 1 atom stereocenters. The van der Waals surface area contributed by atoms with Crippen LogP contribution in [-0.4, -0.2) is 68.5 Å². The van der Waals surface area contributed by atoms with Gasteiger partial charge in [-0.1, -0.05) is 12.1 Å². The fourth-order valence-corrected chi connectivity index (χ4v) is 5.47. The molecule has 3 heterocycles. The quantitative estimate of drug-likeness (QED) is 0.400. The van der Waals surface area contributed by atoms with E-state index >= 15 is 0 Å². The number of aliphatic hydroxyl groups is 1. The molecule has 0 bridgehead atoms. The zero-order valence-corrected chi connectivity index (χ0v) is 22.3. The minimum Gasteiger partial charge on any atom is -0.384 e. The number of hydrogen-bond acceptors (Lipinski definition) is 7. The first-order valence-corrected chi connectivity index (χ1v) is 13.5. The molecule has 3 aromatic rings. The predicted octanol–water partition coefficient (Wildman–Crippen LogP) is 3.31. The Labute approximate surface area is 235 Å². The molecule has 1 aliphatic heterocycles. The van der Waals surface area contributed by atoms with Gasteiger partial charge in [0.15, 0.2) is 0 Å². The molecule has 216 valence electrons. The summed E-state index contributed by atoms with van der Waals surface area (Å²) in [4.78, 5) is 39.2. The second-order valence-corrected chi connectivity index (χ2v) is 10.6. The van der Waals surface area contributed by atoms with Crippen molar-refractivity contribution in [3.8, 4) is 11.1 Å². The lowest BCUT2D eigenvalue weighted by Crippen LogP contribution is -2.46. The lowest BCUT2D eigenvalue weighted by Gasteiger charge is -2.37. The van der Waals surface area contributed by atoms with E-state index < -0.39 is 23.2 Å². The molecule has 0 radical (unpaired) electrons. The third-order valence-electron chi connectivity index (χ3n) is 7.81. The Morgan fingerprint density at radius 3 is 2.44 bits per heavy atom. The molecule has 2 amide bonds. The first kappa shape index (κ1) is 28.6. The Morgan fingerprint density at radius 1 is 1.00 bits per heavy atom. The van der Waals surface area contributed by atoms with Crippen molar-refractivity contribution in [2.75, 3.05) is 19.6 Å². The third-order valence-corrected chi connectivity index (χ3v) is 7.81. The summed E-state index contributed by atoms with van der Waals surface area (Å²) in [5.41, 5.74) is 0.305. The first-order valence-electron chi connectivity index (χ1n) is 13.5. The van der Waals surface area contributed by atoms with Gasteiger partial charge in [-0.3, -0.25) is 14.6 Å². The van der Waals surface area contributed by atoms with Crippen LogP contribution in [0.1, 0.15) is 53.7 Å².